The maximum atomic E-state index is 7.18. The van der Waals surface area contributed by atoms with Crippen molar-refractivity contribution in [3.8, 4) is 33.4 Å². The minimum atomic E-state index is -0.538. The second kappa shape index (κ2) is 14.9. The Labute approximate surface area is 435 Å². The minimum Gasteiger partial charge on any atom is -0.455 e. The lowest BCUT2D eigenvalue weighted by Gasteiger charge is -2.51. The molecule has 1 spiro atoms. The molecule has 0 N–H and O–H groups in total. The molecule has 0 saturated heterocycles. The van der Waals surface area contributed by atoms with E-state index in [9.17, 15) is 0 Å². The fourth-order valence-electron chi connectivity index (χ4n) is 17.0. The summed E-state index contributed by atoms with van der Waals surface area (Å²) in [6.07, 6.45) is 16.9. The third kappa shape index (κ3) is 5.19. The molecule has 4 atom stereocenters. The largest absolute Gasteiger partial charge is 0.455 e. The molecule has 2 fully saturated rings. The Morgan fingerprint density at radius 3 is 1.66 bits per heavy atom. The van der Waals surface area contributed by atoms with Crippen molar-refractivity contribution in [2.24, 2.45) is 0 Å². The molecule has 9 aromatic rings. The van der Waals surface area contributed by atoms with Crippen molar-refractivity contribution >= 4 is 44.6 Å². The third-order valence-electron chi connectivity index (χ3n) is 20.9. The Hall–Kier alpha value is -7.36. The van der Waals surface area contributed by atoms with Gasteiger partial charge in [-0.1, -0.05) is 173 Å². The summed E-state index contributed by atoms with van der Waals surface area (Å²) in [6, 6.07) is 65.4. The first-order chi connectivity index (χ1) is 36.2. The zero-order chi connectivity index (χ0) is 49.3. The van der Waals surface area contributed by atoms with Crippen molar-refractivity contribution in [3.05, 3.63) is 227 Å². The smallest absolute Gasteiger partial charge is 0.143 e. The monoisotopic (exact) mass is 958 g/mol. The second-order valence-corrected chi connectivity index (χ2v) is 24.0. The van der Waals surface area contributed by atoms with Gasteiger partial charge >= 0.3 is 0 Å². The van der Waals surface area contributed by atoms with E-state index < -0.39 is 5.41 Å². The van der Waals surface area contributed by atoms with E-state index in [4.69, 9.17) is 4.42 Å². The fraction of sp³-hybridized carbons (Fsp3) is 0.268. The maximum absolute atomic E-state index is 7.18. The van der Waals surface area contributed by atoms with E-state index in [0.717, 1.165) is 24.0 Å². The van der Waals surface area contributed by atoms with Crippen LogP contribution in [0.25, 0.3) is 60.9 Å². The van der Waals surface area contributed by atoms with Crippen LogP contribution in [0, 0.1) is 0 Å². The Bertz CT molecular complexity index is 3920. The van der Waals surface area contributed by atoms with Crippen LogP contribution in [0.3, 0.4) is 0 Å². The standard InChI is InChI=1S/C71H62N2O/c1-67-39-15-17-41-69(67,3)72(61-26-12-10-24-57(61)67)48-34-29-45(30-35-48)47-33-38-52-59(43-47)71(55-22-8-5-19-50(55)51-20-6-9-23-56(51)71)60-44-54(66-65(64(52)60)53-21-7-14-28-63(53)74-66)46-31-36-49(37-32-46)73-62-27-13-11-25-58(62)68(2)40-16-18-42-70(68,73)4/h5-14,19-31,33-36,38,43-44H,15-18,32,37,39-42H2,1-4H3. The molecule has 7 aliphatic rings. The van der Waals surface area contributed by atoms with Gasteiger partial charge in [-0.25, -0.2) is 0 Å². The van der Waals surface area contributed by atoms with Crippen molar-refractivity contribution < 1.29 is 4.42 Å². The average molecular weight is 959 g/mol. The molecule has 3 heterocycles. The van der Waals surface area contributed by atoms with Crippen molar-refractivity contribution in [3.63, 3.8) is 0 Å². The van der Waals surface area contributed by atoms with Crippen molar-refractivity contribution in [1.29, 1.82) is 0 Å². The quantitative estimate of drug-likeness (QED) is 0.175. The van der Waals surface area contributed by atoms with Crippen LogP contribution in [-0.4, -0.2) is 11.1 Å². The normalized spacial score (nSPS) is 25.5. The summed E-state index contributed by atoms with van der Waals surface area (Å²) in [5.74, 6) is 0. The van der Waals surface area contributed by atoms with Crippen LogP contribution >= 0.6 is 0 Å². The van der Waals surface area contributed by atoms with Crippen molar-refractivity contribution in [1.82, 2.24) is 0 Å². The summed E-state index contributed by atoms with van der Waals surface area (Å²) in [5, 5.41) is 2.41. The molecule has 4 unspecified atom stereocenters. The van der Waals surface area contributed by atoms with Gasteiger partial charge in [-0.15, -0.1) is 0 Å². The summed E-state index contributed by atoms with van der Waals surface area (Å²) < 4.78 is 7.18. The summed E-state index contributed by atoms with van der Waals surface area (Å²) >= 11 is 0. The molecule has 0 amide bonds. The number of benzene rings is 8. The van der Waals surface area contributed by atoms with Crippen LogP contribution in [0.5, 0.6) is 0 Å². The van der Waals surface area contributed by atoms with E-state index in [2.05, 4.69) is 220 Å². The molecule has 16 rings (SSSR count). The fourth-order valence-corrected chi connectivity index (χ4v) is 17.0. The van der Waals surface area contributed by atoms with Crippen molar-refractivity contribution in [2.75, 3.05) is 9.80 Å². The van der Waals surface area contributed by atoms with Gasteiger partial charge in [0, 0.05) is 49.9 Å². The highest BCUT2D eigenvalue weighted by atomic mass is 16.3. The van der Waals surface area contributed by atoms with Crippen LogP contribution in [0.15, 0.2) is 192 Å². The van der Waals surface area contributed by atoms with Crippen LogP contribution in [0.2, 0.25) is 0 Å². The molecule has 74 heavy (non-hydrogen) atoms. The van der Waals surface area contributed by atoms with Gasteiger partial charge in [-0.05, 0) is 173 Å². The van der Waals surface area contributed by atoms with Gasteiger partial charge in [0.1, 0.15) is 11.2 Å². The number of allylic oxidation sites excluding steroid dienone is 4. The number of para-hydroxylation sites is 3. The Balaban J connectivity index is 0.886. The number of rotatable bonds is 4. The molecule has 362 valence electrons. The molecule has 3 heteroatoms. The number of fused-ring (bicyclic) bond motifs is 20. The van der Waals surface area contributed by atoms with Gasteiger partial charge in [0.05, 0.1) is 16.5 Å². The Morgan fingerprint density at radius 2 is 1.00 bits per heavy atom. The SMILES string of the molecule is CC12CCCCC1(C)N(C1=CC=C(c3cc4c(c5c3oc3ccccc35)-c3ccc(-c5ccc(N6c7ccccc7C7(C)CCCCC67C)cc5)cc3C43c4ccccc4-c4ccccc43)CC1)c1ccccc12. The first-order valence-corrected chi connectivity index (χ1v) is 27.8. The predicted octanol–water partition coefficient (Wildman–Crippen LogP) is 18.5. The average Bonchev–Trinajstić information content (AvgIpc) is 4.33. The lowest BCUT2D eigenvalue weighted by atomic mass is 9.61. The molecule has 1 aromatic heterocycles. The van der Waals surface area contributed by atoms with Crippen molar-refractivity contribution in [2.45, 2.75) is 119 Å². The highest BCUT2D eigenvalue weighted by Gasteiger charge is 2.59. The molecule has 2 aliphatic heterocycles. The van der Waals surface area contributed by atoms with Gasteiger partial charge in [0.25, 0.3) is 0 Å². The highest BCUT2D eigenvalue weighted by Crippen LogP contribution is 2.67. The van der Waals surface area contributed by atoms with Gasteiger partial charge in [0.15, 0.2) is 0 Å². The zero-order valence-corrected chi connectivity index (χ0v) is 43.2. The predicted molar refractivity (Wildman–Crippen MR) is 307 cm³/mol. The zero-order valence-electron chi connectivity index (χ0n) is 43.2. The topological polar surface area (TPSA) is 19.6 Å². The summed E-state index contributed by atoms with van der Waals surface area (Å²) in [4.78, 5) is 5.47. The number of nitrogens with zero attached hydrogens (tertiary/aromatic N) is 2. The van der Waals surface area contributed by atoms with E-state index in [-0.39, 0.29) is 21.9 Å². The van der Waals surface area contributed by atoms with Gasteiger partial charge in [-0.2, -0.15) is 0 Å². The third-order valence-corrected chi connectivity index (χ3v) is 20.9. The van der Waals surface area contributed by atoms with Gasteiger partial charge in [-0.3, -0.25) is 0 Å². The van der Waals surface area contributed by atoms with E-state index in [1.807, 2.05) is 0 Å². The van der Waals surface area contributed by atoms with E-state index in [0.29, 0.717) is 0 Å². The Morgan fingerprint density at radius 1 is 0.432 bits per heavy atom. The second-order valence-electron chi connectivity index (χ2n) is 24.0. The van der Waals surface area contributed by atoms with E-state index >= 15 is 0 Å². The summed E-state index contributed by atoms with van der Waals surface area (Å²) in [5.41, 5.74) is 26.0. The molecule has 0 bridgehead atoms. The summed E-state index contributed by atoms with van der Waals surface area (Å²) in [7, 11) is 0. The van der Waals surface area contributed by atoms with Crippen LogP contribution < -0.4 is 9.80 Å². The number of hydrogen-bond donors (Lipinski definition) is 0. The van der Waals surface area contributed by atoms with Gasteiger partial charge < -0.3 is 14.2 Å². The Kier molecular flexibility index (Phi) is 8.68. The molecule has 5 aliphatic carbocycles. The van der Waals surface area contributed by atoms with Crippen LogP contribution in [-0.2, 0) is 16.2 Å². The molecule has 3 nitrogen and oxygen atoms in total. The number of hydrogen-bond acceptors (Lipinski definition) is 3. The molecule has 8 aromatic carbocycles. The molecule has 0 radical (unpaired) electrons. The highest BCUT2D eigenvalue weighted by molar-refractivity contribution is 6.19. The van der Waals surface area contributed by atoms with Crippen LogP contribution in [0.4, 0.5) is 17.1 Å². The summed E-state index contributed by atoms with van der Waals surface area (Å²) in [6.45, 7) is 10.2. The van der Waals surface area contributed by atoms with Gasteiger partial charge in [0.2, 0.25) is 0 Å². The maximum Gasteiger partial charge on any atom is 0.143 e. The first kappa shape index (κ1) is 43.1. The molecule has 2 saturated carbocycles. The van der Waals surface area contributed by atoms with E-state index in [1.165, 1.54) is 163 Å². The van der Waals surface area contributed by atoms with Crippen LogP contribution in [0.1, 0.15) is 131 Å². The lowest BCUT2D eigenvalue weighted by molar-refractivity contribution is 0.190. The minimum absolute atomic E-state index is 0.0225. The number of furan rings is 1. The molecular formula is C71H62N2O. The first-order valence-electron chi connectivity index (χ1n) is 27.8. The van der Waals surface area contributed by atoms with E-state index in [1.54, 1.807) is 0 Å². The molecular weight excluding hydrogens is 897 g/mol. The number of anilines is 3. The lowest BCUT2D eigenvalue weighted by Crippen LogP contribution is -2.56.